The van der Waals surface area contributed by atoms with Crippen molar-refractivity contribution in [2.24, 2.45) is 0 Å². The number of aromatic nitrogens is 1. The smallest absolute Gasteiger partial charge is 0.112 e. The molecule has 4 heteroatoms. The number of anilines is 1. The van der Waals surface area contributed by atoms with Gasteiger partial charge in [0.2, 0.25) is 0 Å². The standard InChI is InChI=1S/C11H17N3O/c1-8-5-9(12-2)6-10(14-8)11-7-13-3-4-15-11/h5-6,11,13H,3-4,7H2,1-2H3,(H,12,14)/t11-/m0/s1. The van der Waals surface area contributed by atoms with Gasteiger partial charge in [-0.3, -0.25) is 4.98 Å². The van der Waals surface area contributed by atoms with E-state index in [1.165, 1.54) is 0 Å². The molecular formula is C11H17N3O. The monoisotopic (exact) mass is 207 g/mol. The Balaban J connectivity index is 2.22. The third-order valence-electron chi connectivity index (χ3n) is 2.52. The van der Waals surface area contributed by atoms with Crippen LogP contribution in [0.4, 0.5) is 5.69 Å². The van der Waals surface area contributed by atoms with Gasteiger partial charge in [0.25, 0.3) is 0 Å². The van der Waals surface area contributed by atoms with Crippen molar-refractivity contribution in [3.8, 4) is 0 Å². The third-order valence-corrected chi connectivity index (χ3v) is 2.52. The lowest BCUT2D eigenvalue weighted by molar-refractivity contribution is 0.0250. The summed E-state index contributed by atoms with van der Waals surface area (Å²) in [6.45, 7) is 4.54. The minimum absolute atomic E-state index is 0.0887. The fraction of sp³-hybridized carbons (Fsp3) is 0.545. The SMILES string of the molecule is CNc1cc(C)nc([C@@H]2CNCCO2)c1. The van der Waals surface area contributed by atoms with Crippen LogP contribution in [0.2, 0.25) is 0 Å². The van der Waals surface area contributed by atoms with Gasteiger partial charge in [0.05, 0.1) is 12.3 Å². The van der Waals surface area contributed by atoms with Crippen molar-refractivity contribution in [2.45, 2.75) is 13.0 Å². The number of hydrogen-bond acceptors (Lipinski definition) is 4. The van der Waals surface area contributed by atoms with Crippen molar-refractivity contribution in [2.75, 3.05) is 32.1 Å². The molecule has 2 rings (SSSR count). The average Bonchev–Trinajstić information content (AvgIpc) is 2.29. The second-order valence-corrected chi connectivity index (χ2v) is 3.74. The molecule has 1 saturated heterocycles. The third kappa shape index (κ3) is 2.46. The van der Waals surface area contributed by atoms with E-state index in [0.29, 0.717) is 0 Å². The lowest BCUT2D eigenvalue weighted by atomic mass is 10.1. The zero-order chi connectivity index (χ0) is 10.7. The van der Waals surface area contributed by atoms with Gasteiger partial charge in [-0.25, -0.2) is 0 Å². The quantitative estimate of drug-likeness (QED) is 0.762. The first-order valence-electron chi connectivity index (χ1n) is 5.28. The number of nitrogens with zero attached hydrogens (tertiary/aromatic N) is 1. The second kappa shape index (κ2) is 4.59. The van der Waals surface area contributed by atoms with Gasteiger partial charge >= 0.3 is 0 Å². The molecule has 0 unspecified atom stereocenters. The number of ether oxygens (including phenoxy) is 1. The maximum absolute atomic E-state index is 5.67. The van der Waals surface area contributed by atoms with Crippen LogP contribution in [-0.2, 0) is 4.74 Å². The van der Waals surface area contributed by atoms with Crippen molar-refractivity contribution in [1.82, 2.24) is 10.3 Å². The van der Waals surface area contributed by atoms with E-state index in [0.717, 1.165) is 36.8 Å². The number of nitrogens with one attached hydrogen (secondary N) is 2. The van der Waals surface area contributed by atoms with E-state index in [9.17, 15) is 0 Å². The molecule has 0 amide bonds. The molecule has 1 aromatic heterocycles. The van der Waals surface area contributed by atoms with Crippen LogP contribution in [0.15, 0.2) is 12.1 Å². The molecule has 0 bridgehead atoms. The Kier molecular flexibility index (Phi) is 3.18. The first kappa shape index (κ1) is 10.4. The molecule has 0 aliphatic carbocycles. The van der Waals surface area contributed by atoms with E-state index in [-0.39, 0.29) is 6.10 Å². The lowest BCUT2D eigenvalue weighted by Crippen LogP contribution is -2.33. The van der Waals surface area contributed by atoms with Gasteiger partial charge in [0, 0.05) is 31.5 Å². The molecule has 15 heavy (non-hydrogen) atoms. The van der Waals surface area contributed by atoms with Crippen molar-refractivity contribution >= 4 is 5.69 Å². The van der Waals surface area contributed by atoms with Crippen molar-refractivity contribution in [1.29, 1.82) is 0 Å². The normalized spacial score (nSPS) is 21.3. The summed E-state index contributed by atoms with van der Waals surface area (Å²) < 4.78 is 5.67. The summed E-state index contributed by atoms with van der Waals surface area (Å²) in [7, 11) is 1.92. The summed E-state index contributed by atoms with van der Waals surface area (Å²) in [5.74, 6) is 0. The highest BCUT2D eigenvalue weighted by Crippen LogP contribution is 2.20. The van der Waals surface area contributed by atoms with Crippen LogP contribution in [-0.4, -0.2) is 31.7 Å². The van der Waals surface area contributed by atoms with Gasteiger partial charge in [0.1, 0.15) is 6.10 Å². The molecule has 0 radical (unpaired) electrons. The van der Waals surface area contributed by atoms with Crippen molar-refractivity contribution in [3.05, 3.63) is 23.5 Å². The number of hydrogen-bond donors (Lipinski definition) is 2. The predicted molar refractivity (Wildman–Crippen MR) is 60.1 cm³/mol. The van der Waals surface area contributed by atoms with Gasteiger partial charge in [-0.2, -0.15) is 0 Å². The van der Waals surface area contributed by atoms with E-state index in [4.69, 9.17) is 4.74 Å². The molecule has 1 fully saturated rings. The molecule has 82 valence electrons. The van der Waals surface area contributed by atoms with E-state index >= 15 is 0 Å². The van der Waals surface area contributed by atoms with Crippen LogP contribution in [0.25, 0.3) is 0 Å². The predicted octanol–water partition coefficient (Wildman–Crippen LogP) is 1.09. The van der Waals surface area contributed by atoms with E-state index < -0.39 is 0 Å². The first-order chi connectivity index (χ1) is 7.29. The van der Waals surface area contributed by atoms with Gasteiger partial charge in [0.15, 0.2) is 0 Å². The molecule has 2 heterocycles. The lowest BCUT2D eigenvalue weighted by Gasteiger charge is -2.23. The Labute approximate surface area is 90.0 Å². The minimum atomic E-state index is 0.0887. The maximum Gasteiger partial charge on any atom is 0.112 e. The summed E-state index contributed by atoms with van der Waals surface area (Å²) in [5, 5.41) is 6.44. The zero-order valence-corrected chi connectivity index (χ0v) is 9.21. The highest BCUT2D eigenvalue weighted by Gasteiger charge is 2.17. The molecule has 0 spiro atoms. The first-order valence-corrected chi connectivity index (χ1v) is 5.28. The van der Waals surface area contributed by atoms with Crippen LogP contribution in [0.1, 0.15) is 17.5 Å². The summed E-state index contributed by atoms with van der Waals surface area (Å²) in [4.78, 5) is 4.50. The van der Waals surface area contributed by atoms with Crippen LogP contribution in [0.3, 0.4) is 0 Å². The van der Waals surface area contributed by atoms with Crippen LogP contribution >= 0.6 is 0 Å². The molecular weight excluding hydrogens is 190 g/mol. The Morgan fingerprint density at radius 1 is 1.53 bits per heavy atom. The number of morpholine rings is 1. The molecule has 1 aromatic rings. The molecule has 0 aromatic carbocycles. The minimum Gasteiger partial charge on any atom is -0.388 e. The van der Waals surface area contributed by atoms with Gasteiger partial charge in [-0.15, -0.1) is 0 Å². The summed E-state index contributed by atoms with van der Waals surface area (Å²) in [6, 6.07) is 4.07. The van der Waals surface area contributed by atoms with Gasteiger partial charge < -0.3 is 15.4 Å². The van der Waals surface area contributed by atoms with Crippen molar-refractivity contribution in [3.63, 3.8) is 0 Å². The molecule has 1 aliphatic rings. The zero-order valence-electron chi connectivity index (χ0n) is 9.21. The summed E-state index contributed by atoms with van der Waals surface area (Å²) >= 11 is 0. The largest absolute Gasteiger partial charge is 0.388 e. The molecule has 0 saturated carbocycles. The Hall–Kier alpha value is -1.13. The van der Waals surface area contributed by atoms with Crippen LogP contribution < -0.4 is 10.6 Å². The van der Waals surface area contributed by atoms with Crippen molar-refractivity contribution < 1.29 is 4.74 Å². The van der Waals surface area contributed by atoms with E-state index in [1.54, 1.807) is 0 Å². The second-order valence-electron chi connectivity index (χ2n) is 3.74. The van der Waals surface area contributed by atoms with Crippen LogP contribution in [0, 0.1) is 6.92 Å². The molecule has 4 nitrogen and oxygen atoms in total. The van der Waals surface area contributed by atoms with Crippen LogP contribution in [0.5, 0.6) is 0 Å². The maximum atomic E-state index is 5.67. The summed E-state index contributed by atoms with van der Waals surface area (Å²) in [6.07, 6.45) is 0.0887. The Morgan fingerprint density at radius 3 is 3.07 bits per heavy atom. The number of pyridine rings is 1. The van der Waals surface area contributed by atoms with E-state index in [2.05, 4.69) is 15.6 Å². The molecule has 1 aliphatic heterocycles. The highest BCUT2D eigenvalue weighted by atomic mass is 16.5. The highest BCUT2D eigenvalue weighted by molar-refractivity contribution is 5.45. The summed E-state index contributed by atoms with van der Waals surface area (Å²) in [5.41, 5.74) is 3.12. The Bertz CT molecular complexity index is 335. The topological polar surface area (TPSA) is 46.2 Å². The number of rotatable bonds is 2. The average molecular weight is 207 g/mol. The fourth-order valence-electron chi connectivity index (χ4n) is 1.76. The van der Waals surface area contributed by atoms with E-state index in [1.807, 2.05) is 26.1 Å². The number of aryl methyl sites for hydroxylation is 1. The Morgan fingerprint density at radius 2 is 2.40 bits per heavy atom. The fourth-order valence-corrected chi connectivity index (χ4v) is 1.76. The van der Waals surface area contributed by atoms with Gasteiger partial charge in [-0.1, -0.05) is 0 Å². The molecule has 1 atom stereocenters. The molecule has 2 N–H and O–H groups in total. The van der Waals surface area contributed by atoms with Gasteiger partial charge in [-0.05, 0) is 19.1 Å².